The summed E-state index contributed by atoms with van der Waals surface area (Å²) in [6.45, 7) is 0. The first-order chi connectivity index (χ1) is 6.56. The predicted octanol–water partition coefficient (Wildman–Crippen LogP) is 2.09. The van der Waals surface area contributed by atoms with Crippen LogP contribution in [-0.4, -0.2) is 12.2 Å². The molecular formula is C8H8FIN2OS. The van der Waals surface area contributed by atoms with Crippen LogP contribution in [-0.2, 0) is 0 Å². The molecule has 0 aliphatic rings. The van der Waals surface area contributed by atoms with Crippen molar-refractivity contribution < 1.29 is 9.13 Å². The highest BCUT2D eigenvalue weighted by Crippen LogP contribution is 2.30. The van der Waals surface area contributed by atoms with Gasteiger partial charge in [0, 0.05) is 0 Å². The third-order valence-corrected chi connectivity index (χ3v) is 2.45. The lowest BCUT2D eigenvalue weighted by atomic mass is 10.3. The topological polar surface area (TPSA) is 47.3 Å². The summed E-state index contributed by atoms with van der Waals surface area (Å²) in [6, 6.07) is 3.27. The van der Waals surface area contributed by atoms with Gasteiger partial charge in [-0.1, -0.05) is 0 Å². The Morgan fingerprint density at radius 2 is 2.29 bits per heavy atom. The average molecular weight is 326 g/mol. The van der Waals surface area contributed by atoms with Gasteiger partial charge in [-0.3, -0.25) is 0 Å². The zero-order valence-electron chi connectivity index (χ0n) is 7.30. The zero-order chi connectivity index (χ0) is 10.7. The van der Waals surface area contributed by atoms with Gasteiger partial charge in [-0.25, -0.2) is 4.39 Å². The number of hydrogen-bond donors (Lipinski definition) is 2. The van der Waals surface area contributed by atoms with E-state index in [1.54, 1.807) is 12.1 Å². The van der Waals surface area contributed by atoms with Crippen LogP contribution in [0.3, 0.4) is 0 Å². The fourth-order valence-electron chi connectivity index (χ4n) is 0.963. The van der Waals surface area contributed by atoms with E-state index in [-0.39, 0.29) is 10.9 Å². The molecule has 0 heterocycles. The monoisotopic (exact) mass is 326 g/mol. The van der Waals surface area contributed by atoms with E-state index in [1.807, 2.05) is 22.6 Å². The molecule has 0 saturated heterocycles. The molecule has 0 amide bonds. The van der Waals surface area contributed by atoms with E-state index in [9.17, 15) is 4.39 Å². The third-order valence-electron chi connectivity index (χ3n) is 1.51. The molecule has 0 spiro atoms. The van der Waals surface area contributed by atoms with Crippen molar-refractivity contribution in [1.29, 1.82) is 0 Å². The van der Waals surface area contributed by atoms with Gasteiger partial charge < -0.3 is 15.8 Å². The van der Waals surface area contributed by atoms with Crippen molar-refractivity contribution in [3.63, 3.8) is 0 Å². The predicted molar refractivity (Wildman–Crippen MR) is 66.1 cm³/mol. The van der Waals surface area contributed by atoms with Gasteiger partial charge in [-0.2, -0.15) is 0 Å². The van der Waals surface area contributed by atoms with E-state index in [1.165, 1.54) is 7.11 Å². The number of nitrogens with two attached hydrogens (primary N) is 1. The maximum Gasteiger partial charge on any atom is 0.180 e. The number of benzene rings is 1. The Labute approximate surface area is 100.0 Å². The Bertz CT molecular complexity index is 373. The zero-order valence-corrected chi connectivity index (χ0v) is 10.3. The lowest BCUT2D eigenvalue weighted by molar-refractivity contribution is 0.387. The summed E-state index contributed by atoms with van der Waals surface area (Å²) in [5, 5.41) is 2.71. The molecule has 1 aromatic rings. The van der Waals surface area contributed by atoms with Crippen molar-refractivity contribution >= 4 is 45.6 Å². The number of thiocarbonyl (C=S) groups is 1. The Morgan fingerprint density at radius 3 is 2.79 bits per heavy atom. The molecule has 0 saturated carbocycles. The molecule has 0 unspecified atom stereocenters. The van der Waals surface area contributed by atoms with E-state index >= 15 is 0 Å². The number of hydrogen-bond acceptors (Lipinski definition) is 2. The maximum absolute atomic E-state index is 13.5. The summed E-state index contributed by atoms with van der Waals surface area (Å²) < 4.78 is 18.8. The Morgan fingerprint density at radius 1 is 1.64 bits per heavy atom. The van der Waals surface area contributed by atoms with Crippen molar-refractivity contribution in [2.24, 2.45) is 5.73 Å². The number of anilines is 1. The first kappa shape index (κ1) is 11.4. The van der Waals surface area contributed by atoms with E-state index in [0.29, 0.717) is 9.26 Å². The maximum atomic E-state index is 13.5. The number of ether oxygens (including phenoxy) is 1. The van der Waals surface area contributed by atoms with Gasteiger partial charge in [0.05, 0.1) is 16.4 Å². The normalized spacial score (nSPS) is 9.64. The van der Waals surface area contributed by atoms with Gasteiger partial charge in [-0.05, 0) is 46.9 Å². The minimum absolute atomic E-state index is 0.0731. The molecule has 1 aromatic carbocycles. The Hall–Kier alpha value is -0.630. The first-order valence-corrected chi connectivity index (χ1v) is 5.13. The molecule has 3 N–H and O–H groups in total. The van der Waals surface area contributed by atoms with Gasteiger partial charge in [0.25, 0.3) is 0 Å². The van der Waals surface area contributed by atoms with Crippen LogP contribution in [0, 0.1) is 9.39 Å². The van der Waals surface area contributed by atoms with E-state index in [4.69, 9.17) is 10.5 Å². The van der Waals surface area contributed by atoms with Crippen LogP contribution >= 0.6 is 34.8 Å². The molecule has 0 radical (unpaired) electrons. The molecule has 0 aromatic heterocycles. The third kappa shape index (κ3) is 2.44. The summed E-state index contributed by atoms with van der Waals surface area (Å²) in [4.78, 5) is 0. The van der Waals surface area contributed by atoms with E-state index < -0.39 is 5.82 Å². The second-order valence-electron chi connectivity index (χ2n) is 2.43. The highest BCUT2D eigenvalue weighted by atomic mass is 127. The molecule has 0 fully saturated rings. The molecule has 76 valence electrons. The van der Waals surface area contributed by atoms with Crippen LogP contribution in [0.5, 0.6) is 5.75 Å². The fraction of sp³-hybridized carbons (Fsp3) is 0.125. The van der Waals surface area contributed by atoms with Crippen LogP contribution in [0.25, 0.3) is 0 Å². The van der Waals surface area contributed by atoms with Crippen molar-refractivity contribution in [3.8, 4) is 5.75 Å². The lowest BCUT2D eigenvalue weighted by Crippen LogP contribution is -2.19. The second-order valence-corrected chi connectivity index (χ2v) is 4.03. The summed E-state index contributed by atoms with van der Waals surface area (Å²) in [7, 11) is 1.39. The molecule has 0 bridgehead atoms. The van der Waals surface area contributed by atoms with E-state index in [0.717, 1.165) is 0 Å². The van der Waals surface area contributed by atoms with Gasteiger partial charge >= 0.3 is 0 Å². The lowest BCUT2D eigenvalue weighted by Gasteiger charge is -2.11. The van der Waals surface area contributed by atoms with Gasteiger partial charge in [-0.15, -0.1) is 0 Å². The molecule has 14 heavy (non-hydrogen) atoms. The van der Waals surface area contributed by atoms with Gasteiger partial charge in [0.1, 0.15) is 0 Å². The molecule has 6 heteroatoms. The summed E-state index contributed by atoms with van der Waals surface area (Å²) >= 11 is 6.52. The number of nitrogens with one attached hydrogen (secondary N) is 1. The Balaban J connectivity index is 3.17. The molecule has 0 aliphatic carbocycles. The summed E-state index contributed by atoms with van der Waals surface area (Å²) in [5.41, 5.74) is 5.71. The van der Waals surface area contributed by atoms with E-state index in [2.05, 4.69) is 17.5 Å². The van der Waals surface area contributed by atoms with Crippen LogP contribution in [0.2, 0.25) is 0 Å². The standard InChI is InChI=1S/C8H8FIN2OS/c1-13-7-5(12-8(11)14)3-2-4(10)6(7)9/h2-3H,1H3,(H3,11,12,14). The van der Waals surface area contributed by atoms with Gasteiger partial charge in [0.15, 0.2) is 16.7 Å². The minimum Gasteiger partial charge on any atom is -0.492 e. The molecule has 0 atom stereocenters. The average Bonchev–Trinajstić information content (AvgIpc) is 2.11. The van der Waals surface area contributed by atoms with Crippen LogP contribution in [0.4, 0.5) is 10.1 Å². The molecule has 1 rings (SSSR count). The van der Waals surface area contributed by atoms with Gasteiger partial charge in [0.2, 0.25) is 0 Å². The highest BCUT2D eigenvalue weighted by Gasteiger charge is 2.12. The number of methoxy groups -OCH3 is 1. The summed E-state index contributed by atoms with van der Waals surface area (Å²) in [6.07, 6.45) is 0. The SMILES string of the molecule is COc1c(NC(N)=S)ccc(I)c1F. The minimum atomic E-state index is -0.422. The highest BCUT2D eigenvalue weighted by molar-refractivity contribution is 14.1. The second kappa shape index (κ2) is 4.74. The smallest absolute Gasteiger partial charge is 0.180 e. The van der Waals surface area contributed by atoms with Crippen molar-refractivity contribution in [2.45, 2.75) is 0 Å². The largest absolute Gasteiger partial charge is 0.492 e. The van der Waals surface area contributed by atoms with Crippen LogP contribution in [0.15, 0.2) is 12.1 Å². The van der Waals surface area contributed by atoms with Crippen molar-refractivity contribution in [3.05, 3.63) is 21.5 Å². The first-order valence-electron chi connectivity index (χ1n) is 3.64. The Kier molecular flexibility index (Phi) is 3.87. The number of rotatable bonds is 2. The van der Waals surface area contributed by atoms with Crippen LogP contribution in [0.1, 0.15) is 0 Å². The van der Waals surface area contributed by atoms with Crippen molar-refractivity contribution in [2.75, 3.05) is 12.4 Å². The summed E-state index contributed by atoms with van der Waals surface area (Å²) in [5.74, 6) is -0.306. The van der Waals surface area contributed by atoms with Crippen LogP contribution < -0.4 is 15.8 Å². The molecular weight excluding hydrogens is 318 g/mol. The van der Waals surface area contributed by atoms with Crippen molar-refractivity contribution in [1.82, 2.24) is 0 Å². The number of halogens is 2. The molecule has 0 aliphatic heterocycles. The fourth-order valence-corrected chi connectivity index (χ4v) is 1.50. The quantitative estimate of drug-likeness (QED) is 0.645. The molecule has 3 nitrogen and oxygen atoms in total.